The number of benzene rings is 1. The number of rotatable bonds is 2. The first kappa shape index (κ1) is 16.3. The van der Waals surface area contributed by atoms with Crippen LogP contribution in [-0.4, -0.2) is 56.2 Å². The van der Waals surface area contributed by atoms with Crippen LogP contribution in [0.4, 0.5) is 4.79 Å². The number of urea groups is 1. The number of nitrogens with one attached hydrogen (secondary N) is 1. The third kappa shape index (κ3) is 4.03. The quantitative estimate of drug-likeness (QED) is 0.878. The summed E-state index contributed by atoms with van der Waals surface area (Å²) in [4.78, 5) is 14.1. The topological polar surface area (TPSA) is 75.7 Å². The van der Waals surface area contributed by atoms with Crippen LogP contribution in [0.5, 0.6) is 0 Å². The molecule has 0 aromatic heterocycles. The first-order valence-electron chi connectivity index (χ1n) is 7.89. The Morgan fingerprint density at radius 3 is 2.61 bits per heavy atom. The lowest BCUT2D eigenvalue weighted by atomic mass is 9.94. The Balaban J connectivity index is 1.57. The van der Waals surface area contributed by atoms with E-state index in [0.717, 1.165) is 5.56 Å². The van der Waals surface area contributed by atoms with Gasteiger partial charge in [0.25, 0.3) is 0 Å². The molecule has 1 spiro atoms. The summed E-state index contributed by atoms with van der Waals surface area (Å²) in [5.41, 5.74) is 0.556. The Morgan fingerprint density at radius 1 is 1.22 bits per heavy atom. The molecule has 126 valence electrons. The molecule has 1 aromatic carbocycles. The number of sulfone groups is 1. The van der Waals surface area contributed by atoms with E-state index in [0.29, 0.717) is 39.1 Å². The van der Waals surface area contributed by atoms with Crippen LogP contribution in [0.1, 0.15) is 18.4 Å². The lowest BCUT2D eigenvalue weighted by Gasteiger charge is -2.44. The van der Waals surface area contributed by atoms with Gasteiger partial charge in [-0.05, 0) is 18.4 Å². The summed E-state index contributed by atoms with van der Waals surface area (Å²) < 4.78 is 29.1. The number of amides is 2. The third-order valence-corrected chi connectivity index (χ3v) is 6.21. The van der Waals surface area contributed by atoms with Crippen LogP contribution in [0.2, 0.25) is 0 Å². The molecule has 2 fully saturated rings. The average Bonchev–Trinajstić information content (AvgIpc) is 2.57. The number of carbonyl (C=O) groups excluding carboxylic acids is 1. The van der Waals surface area contributed by atoms with Crippen molar-refractivity contribution in [3.63, 3.8) is 0 Å². The van der Waals surface area contributed by atoms with Gasteiger partial charge in [0, 0.05) is 13.1 Å². The lowest BCUT2D eigenvalue weighted by molar-refractivity contribution is -0.102. The second-order valence-electron chi connectivity index (χ2n) is 6.25. The van der Waals surface area contributed by atoms with E-state index in [4.69, 9.17) is 4.74 Å². The van der Waals surface area contributed by atoms with E-state index in [1.165, 1.54) is 0 Å². The number of hydrogen-bond donors (Lipinski definition) is 1. The SMILES string of the molecule is O=C(NCc1ccccc1)N1CCOC2(CCS(=O)(=O)CC2)C1. The van der Waals surface area contributed by atoms with Gasteiger partial charge in [0.2, 0.25) is 0 Å². The minimum atomic E-state index is -2.94. The molecule has 6 nitrogen and oxygen atoms in total. The predicted molar refractivity (Wildman–Crippen MR) is 86.8 cm³/mol. The Kier molecular flexibility index (Phi) is 4.59. The van der Waals surface area contributed by atoms with Crippen LogP contribution in [0.15, 0.2) is 30.3 Å². The van der Waals surface area contributed by atoms with Crippen molar-refractivity contribution in [3.8, 4) is 0 Å². The molecule has 7 heteroatoms. The normalized spacial score (nSPS) is 22.7. The lowest BCUT2D eigenvalue weighted by Crippen LogP contribution is -2.58. The second-order valence-corrected chi connectivity index (χ2v) is 8.55. The van der Waals surface area contributed by atoms with Gasteiger partial charge in [0.1, 0.15) is 0 Å². The van der Waals surface area contributed by atoms with E-state index >= 15 is 0 Å². The van der Waals surface area contributed by atoms with Gasteiger partial charge in [-0.1, -0.05) is 30.3 Å². The molecule has 0 atom stereocenters. The fourth-order valence-corrected chi connectivity index (χ4v) is 4.69. The highest BCUT2D eigenvalue weighted by Crippen LogP contribution is 2.31. The van der Waals surface area contributed by atoms with E-state index in [1.807, 2.05) is 30.3 Å². The Labute approximate surface area is 136 Å². The number of nitrogens with zero attached hydrogens (tertiary/aromatic N) is 1. The third-order valence-electron chi connectivity index (χ3n) is 4.56. The van der Waals surface area contributed by atoms with Crippen molar-refractivity contribution in [2.45, 2.75) is 25.0 Å². The number of carbonyl (C=O) groups is 1. The van der Waals surface area contributed by atoms with Gasteiger partial charge in [-0.15, -0.1) is 0 Å². The zero-order chi connectivity index (χ0) is 16.3. The van der Waals surface area contributed by atoms with Crippen LogP contribution in [0, 0.1) is 0 Å². The molecule has 0 unspecified atom stereocenters. The number of hydrogen-bond acceptors (Lipinski definition) is 4. The fourth-order valence-electron chi connectivity index (χ4n) is 3.12. The predicted octanol–water partition coefficient (Wildman–Crippen LogP) is 1.18. The monoisotopic (exact) mass is 338 g/mol. The first-order valence-corrected chi connectivity index (χ1v) is 9.71. The maximum atomic E-state index is 12.4. The molecule has 0 bridgehead atoms. The largest absolute Gasteiger partial charge is 0.371 e. The van der Waals surface area contributed by atoms with Crippen molar-refractivity contribution in [3.05, 3.63) is 35.9 Å². The minimum Gasteiger partial charge on any atom is -0.371 e. The summed E-state index contributed by atoms with van der Waals surface area (Å²) >= 11 is 0. The van der Waals surface area contributed by atoms with Gasteiger partial charge in [-0.2, -0.15) is 0 Å². The first-order chi connectivity index (χ1) is 11.0. The molecule has 2 aliphatic rings. The van der Waals surface area contributed by atoms with E-state index in [9.17, 15) is 13.2 Å². The van der Waals surface area contributed by atoms with Crippen molar-refractivity contribution in [1.82, 2.24) is 10.2 Å². The van der Waals surface area contributed by atoms with Gasteiger partial charge in [0.05, 0.1) is 30.3 Å². The van der Waals surface area contributed by atoms with Gasteiger partial charge >= 0.3 is 6.03 Å². The van der Waals surface area contributed by atoms with E-state index in [-0.39, 0.29) is 17.5 Å². The molecule has 3 rings (SSSR count). The fraction of sp³-hybridized carbons (Fsp3) is 0.562. The molecule has 2 amide bonds. The molecule has 2 saturated heterocycles. The highest BCUT2D eigenvalue weighted by atomic mass is 32.2. The molecule has 0 aliphatic carbocycles. The second kappa shape index (κ2) is 6.49. The van der Waals surface area contributed by atoms with Crippen LogP contribution in [0.3, 0.4) is 0 Å². The van der Waals surface area contributed by atoms with Gasteiger partial charge in [-0.3, -0.25) is 0 Å². The molecular formula is C16H22N2O4S. The molecule has 2 aliphatic heterocycles. The maximum Gasteiger partial charge on any atom is 0.317 e. The van der Waals surface area contributed by atoms with Crippen LogP contribution in [0.25, 0.3) is 0 Å². The Bertz CT molecular complexity index is 646. The van der Waals surface area contributed by atoms with Gasteiger partial charge < -0.3 is 15.0 Å². The zero-order valence-electron chi connectivity index (χ0n) is 13.0. The average molecular weight is 338 g/mol. The molecule has 0 radical (unpaired) electrons. The van der Waals surface area contributed by atoms with E-state index in [2.05, 4.69) is 5.32 Å². The zero-order valence-corrected chi connectivity index (χ0v) is 13.8. The summed E-state index contributed by atoms with van der Waals surface area (Å²) in [5.74, 6) is 0.291. The maximum absolute atomic E-state index is 12.4. The van der Waals surface area contributed by atoms with Crippen molar-refractivity contribution in [2.75, 3.05) is 31.2 Å². The van der Waals surface area contributed by atoms with Gasteiger partial charge in [0.15, 0.2) is 9.84 Å². The van der Waals surface area contributed by atoms with Crippen LogP contribution >= 0.6 is 0 Å². The van der Waals surface area contributed by atoms with E-state index < -0.39 is 15.4 Å². The Morgan fingerprint density at radius 2 is 1.91 bits per heavy atom. The summed E-state index contributed by atoms with van der Waals surface area (Å²) in [6.07, 6.45) is 0.940. The smallest absolute Gasteiger partial charge is 0.317 e. The molecule has 0 saturated carbocycles. The van der Waals surface area contributed by atoms with Crippen LogP contribution < -0.4 is 5.32 Å². The highest BCUT2D eigenvalue weighted by molar-refractivity contribution is 7.91. The van der Waals surface area contributed by atoms with Crippen molar-refractivity contribution >= 4 is 15.9 Å². The summed E-state index contributed by atoms with van der Waals surface area (Å²) in [6.45, 7) is 1.94. The molecule has 2 heterocycles. The van der Waals surface area contributed by atoms with Crippen molar-refractivity contribution in [1.29, 1.82) is 0 Å². The number of ether oxygens (including phenoxy) is 1. The minimum absolute atomic E-state index is 0.120. The molecule has 23 heavy (non-hydrogen) atoms. The van der Waals surface area contributed by atoms with E-state index in [1.54, 1.807) is 4.90 Å². The van der Waals surface area contributed by atoms with Crippen LogP contribution in [-0.2, 0) is 21.1 Å². The molecule has 1 aromatic rings. The van der Waals surface area contributed by atoms with Gasteiger partial charge in [-0.25, -0.2) is 13.2 Å². The van der Waals surface area contributed by atoms with Crippen molar-refractivity contribution < 1.29 is 17.9 Å². The summed E-state index contributed by atoms with van der Waals surface area (Å²) in [7, 11) is -2.94. The standard InChI is InChI=1S/C16H22N2O4S/c19-15(17-12-14-4-2-1-3-5-14)18-8-9-22-16(13-18)6-10-23(20,21)11-7-16/h1-5H,6-13H2,(H,17,19). The Hall–Kier alpha value is -1.60. The summed E-state index contributed by atoms with van der Waals surface area (Å²) in [6, 6.07) is 9.63. The van der Waals surface area contributed by atoms with Crippen molar-refractivity contribution in [2.24, 2.45) is 0 Å². The molecular weight excluding hydrogens is 316 g/mol. The highest BCUT2D eigenvalue weighted by Gasteiger charge is 2.42. The number of morpholine rings is 1. The molecule has 1 N–H and O–H groups in total. The summed E-state index contributed by atoms with van der Waals surface area (Å²) in [5, 5.41) is 2.92.